The van der Waals surface area contributed by atoms with Crippen molar-refractivity contribution < 1.29 is 14.6 Å². The standard InChI is InChI=1S/C29H31N5O3/c1-29(2,35)21-9-10-22-23(16-21)34(27(18-7-5-4-6-8-18)19-11-13-37-14-12-19)24-15-20(17-30-26(22)24)25-28(36-3)32-33-31-25/h4-10,15-17,19,27,35H,11-14H2,1-3H3,(H,31,32,33)/t27-/m1/s1. The lowest BCUT2D eigenvalue weighted by molar-refractivity contribution is 0.0552. The third kappa shape index (κ3) is 4.16. The SMILES string of the molecule is COc1n[nH]nc1-c1cnc2c3ccc(C(C)(C)O)cc3n([C@H](c3ccccc3)C3CCOCC3)c2c1. The van der Waals surface area contributed by atoms with Crippen LogP contribution < -0.4 is 4.74 Å². The minimum absolute atomic E-state index is 0.0680. The molecule has 0 amide bonds. The van der Waals surface area contributed by atoms with Crippen molar-refractivity contribution in [3.63, 3.8) is 0 Å². The smallest absolute Gasteiger partial charge is 0.261 e. The molecule has 1 atom stereocenters. The van der Waals surface area contributed by atoms with Gasteiger partial charge in [0.15, 0.2) is 5.69 Å². The number of hydrogen-bond acceptors (Lipinski definition) is 6. The molecule has 3 aromatic heterocycles. The van der Waals surface area contributed by atoms with Crippen molar-refractivity contribution in [3.05, 3.63) is 71.9 Å². The van der Waals surface area contributed by atoms with Crippen LogP contribution in [0.2, 0.25) is 0 Å². The van der Waals surface area contributed by atoms with Gasteiger partial charge in [-0.25, -0.2) is 0 Å². The lowest BCUT2D eigenvalue weighted by atomic mass is 9.86. The summed E-state index contributed by atoms with van der Waals surface area (Å²) in [4.78, 5) is 4.93. The van der Waals surface area contributed by atoms with Crippen LogP contribution in [0.5, 0.6) is 5.88 Å². The highest BCUT2D eigenvalue weighted by Gasteiger charge is 2.31. The fraction of sp³-hybridized carbons (Fsp3) is 0.345. The zero-order valence-corrected chi connectivity index (χ0v) is 21.3. The van der Waals surface area contributed by atoms with Crippen LogP contribution in [0.15, 0.2) is 60.8 Å². The molecule has 0 saturated carbocycles. The maximum atomic E-state index is 10.9. The second-order valence-corrected chi connectivity index (χ2v) is 10.2. The number of aromatic amines is 1. The predicted molar refractivity (Wildman–Crippen MR) is 143 cm³/mol. The van der Waals surface area contributed by atoms with Crippen molar-refractivity contribution in [2.24, 2.45) is 5.92 Å². The van der Waals surface area contributed by atoms with E-state index in [-0.39, 0.29) is 6.04 Å². The third-order valence-electron chi connectivity index (χ3n) is 7.46. The summed E-state index contributed by atoms with van der Waals surface area (Å²) in [5.41, 5.74) is 5.54. The van der Waals surface area contributed by atoms with E-state index in [0.29, 0.717) is 17.5 Å². The van der Waals surface area contributed by atoms with E-state index in [1.165, 1.54) is 5.56 Å². The number of H-pyrrole nitrogens is 1. The van der Waals surface area contributed by atoms with Gasteiger partial charge in [0.2, 0.25) is 0 Å². The van der Waals surface area contributed by atoms with Gasteiger partial charge in [0.25, 0.3) is 5.88 Å². The first kappa shape index (κ1) is 23.6. The molecule has 5 aromatic rings. The molecule has 1 fully saturated rings. The molecule has 0 spiro atoms. The monoisotopic (exact) mass is 497 g/mol. The molecule has 1 saturated heterocycles. The van der Waals surface area contributed by atoms with Gasteiger partial charge >= 0.3 is 0 Å². The van der Waals surface area contributed by atoms with E-state index in [1.807, 2.05) is 26.1 Å². The number of aliphatic hydroxyl groups is 1. The van der Waals surface area contributed by atoms with Crippen LogP contribution in [0.4, 0.5) is 0 Å². The van der Waals surface area contributed by atoms with E-state index in [1.54, 1.807) is 7.11 Å². The van der Waals surface area contributed by atoms with Gasteiger partial charge in [0.1, 0.15) is 0 Å². The molecule has 8 nitrogen and oxygen atoms in total. The van der Waals surface area contributed by atoms with Gasteiger partial charge in [-0.1, -0.05) is 42.5 Å². The first-order valence-corrected chi connectivity index (χ1v) is 12.7. The molecule has 2 N–H and O–H groups in total. The summed E-state index contributed by atoms with van der Waals surface area (Å²) in [6, 6.07) is 19.0. The molecule has 8 heteroatoms. The van der Waals surface area contributed by atoms with Crippen LogP contribution in [-0.2, 0) is 10.3 Å². The zero-order valence-electron chi connectivity index (χ0n) is 21.3. The molecular formula is C29H31N5O3. The molecule has 0 bridgehead atoms. The van der Waals surface area contributed by atoms with Gasteiger partial charge in [0.05, 0.1) is 35.3 Å². The number of ether oxygens (including phenoxy) is 2. The topological polar surface area (TPSA) is 98.1 Å². The Morgan fingerprint density at radius 2 is 1.84 bits per heavy atom. The van der Waals surface area contributed by atoms with E-state index < -0.39 is 5.60 Å². The van der Waals surface area contributed by atoms with Crippen molar-refractivity contribution in [1.82, 2.24) is 25.0 Å². The fourth-order valence-corrected chi connectivity index (χ4v) is 5.58. The number of nitrogens with zero attached hydrogens (tertiary/aromatic N) is 4. The number of methoxy groups -OCH3 is 1. The number of aromatic nitrogens is 5. The van der Waals surface area contributed by atoms with E-state index in [2.05, 4.69) is 68.5 Å². The molecule has 0 radical (unpaired) electrons. The second kappa shape index (κ2) is 9.28. The maximum Gasteiger partial charge on any atom is 0.261 e. The van der Waals surface area contributed by atoms with E-state index in [9.17, 15) is 5.11 Å². The molecule has 0 unspecified atom stereocenters. The first-order chi connectivity index (χ1) is 18.0. The molecule has 37 heavy (non-hydrogen) atoms. The highest BCUT2D eigenvalue weighted by Crippen LogP contribution is 2.42. The Balaban J connectivity index is 1.68. The molecule has 6 rings (SSSR count). The molecular weight excluding hydrogens is 466 g/mol. The Bertz CT molecular complexity index is 1540. The summed E-state index contributed by atoms with van der Waals surface area (Å²) in [6.07, 6.45) is 3.76. The number of fused-ring (bicyclic) bond motifs is 3. The number of benzene rings is 2. The average molecular weight is 498 g/mol. The Morgan fingerprint density at radius 1 is 1.05 bits per heavy atom. The van der Waals surface area contributed by atoms with Gasteiger partial charge in [0, 0.05) is 30.4 Å². The summed E-state index contributed by atoms with van der Waals surface area (Å²) < 4.78 is 13.6. The van der Waals surface area contributed by atoms with Crippen LogP contribution in [0.3, 0.4) is 0 Å². The highest BCUT2D eigenvalue weighted by molar-refractivity contribution is 6.07. The van der Waals surface area contributed by atoms with Crippen LogP contribution in [-0.4, -0.2) is 50.4 Å². The average Bonchev–Trinajstić information content (AvgIpc) is 3.52. The van der Waals surface area contributed by atoms with Crippen LogP contribution >= 0.6 is 0 Å². The second-order valence-electron chi connectivity index (χ2n) is 10.2. The summed E-state index contributed by atoms with van der Waals surface area (Å²) >= 11 is 0. The fourth-order valence-electron chi connectivity index (χ4n) is 5.58. The van der Waals surface area contributed by atoms with Crippen molar-refractivity contribution in [1.29, 1.82) is 0 Å². The van der Waals surface area contributed by atoms with Crippen LogP contribution in [0, 0.1) is 5.92 Å². The Hall–Kier alpha value is -3.75. The quantitative estimate of drug-likeness (QED) is 0.334. The lowest BCUT2D eigenvalue weighted by Crippen LogP contribution is -2.27. The van der Waals surface area contributed by atoms with Crippen molar-refractivity contribution >= 4 is 21.9 Å². The van der Waals surface area contributed by atoms with Crippen molar-refractivity contribution in [2.45, 2.75) is 38.3 Å². The molecule has 190 valence electrons. The molecule has 2 aromatic carbocycles. The van der Waals surface area contributed by atoms with Crippen molar-refractivity contribution in [3.8, 4) is 17.1 Å². The summed E-state index contributed by atoms with van der Waals surface area (Å²) in [7, 11) is 1.58. The van der Waals surface area contributed by atoms with Crippen LogP contribution in [0.1, 0.15) is 43.9 Å². The van der Waals surface area contributed by atoms with E-state index in [4.69, 9.17) is 14.5 Å². The minimum Gasteiger partial charge on any atom is -0.478 e. The van der Waals surface area contributed by atoms with Gasteiger partial charge in [-0.3, -0.25) is 4.98 Å². The number of pyridine rings is 1. The van der Waals surface area contributed by atoms with Gasteiger partial charge in [-0.15, -0.1) is 5.10 Å². The highest BCUT2D eigenvalue weighted by atomic mass is 16.5. The summed E-state index contributed by atoms with van der Waals surface area (Å²) in [5, 5.41) is 23.0. The number of hydrogen-bond donors (Lipinski definition) is 2. The predicted octanol–water partition coefficient (Wildman–Crippen LogP) is 5.23. The van der Waals surface area contributed by atoms with E-state index in [0.717, 1.165) is 59.1 Å². The number of nitrogens with one attached hydrogen (secondary N) is 1. The van der Waals surface area contributed by atoms with Crippen molar-refractivity contribution in [2.75, 3.05) is 20.3 Å². The molecule has 0 aliphatic carbocycles. The Morgan fingerprint density at radius 3 is 2.57 bits per heavy atom. The zero-order chi connectivity index (χ0) is 25.6. The Kier molecular flexibility index (Phi) is 5.93. The molecule has 1 aliphatic rings. The van der Waals surface area contributed by atoms with Gasteiger partial charge in [-0.05, 0) is 55.9 Å². The minimum atomic E-state index is -0.969. The first-order valence-electron chi connectivity index (χ1n) is 12.7. The maximum absolute atomic E-state index is 10.9. The summed E-state index contributed by atoms with van der Waals surface area (Å²) in [6.45, 7) is 5.14. The Labute approximate surface area is 215 Å². The normalized spacial score (nSPS) is 15.9. The van der Waals surface area contributed by atoms with Gasteiger partial charge < -0.3 is 19.1 Å². The molecule has 1 aliphatic heterocycles. The lowest BCUT2D eigenvalue weighted by Gasteiger charge is -2.33. The van der Waals surface area contributed by atoms with Gasteiger partial charge in [-0.2, -0.15) is 10.3 Å². The van der Waals surface area contributed by atoms with Crippen LogP contribution in [0.25, 0.3) is 33.2 Å². The summed E-state index contributed by atoms with van der Waals surface area (Å²) in [5.74, 6) is 0.808. The molecule has 4 heterocycles. The number of rotatable bonds is 6. The third-order valence-corrected chi connectivity index (χ3v) is 7.46. The largest absolute Gasteiger partial charge is 0.478 e. The van der Waals surface area contributed by atoms with E-state index >= 15 is 0 Å².